The van der Waals surface area contributed by atoms with Crippen molar-refractivity contribution in [1.29, 1.82) is 0 Å². The van der Waals surface area contributed by atoms with Crippen molar-refractivity contribution in [2.75, 3.05) is 0 Å². The van der Waals surface area contributed by atoms with Gasteiger partial charge in [-0.1, -0.05) is 25.5 Å². The van der Waals surface area contributed by atoms with Crippen LogP contribution in [0.3, 0.4) is 0 Å². The molecule has 0 radical (unpaired) electrons. The summed E-state index contributed by atoms with van der Waals surface area (Å²) < 4.78 is 36.1. The second-order valence-electron chi connectivity index (χ2n) is 10.1. The molecule has 3 fully saturated rings. The highest BCUT2D eigenvalue weighted by molar-refractivity contribution is 7.80. The Morgan fingerprint density at radius 1 is 1.25 bits per heavy atom. The number of Topliss-reactive ketones (excluding diaryl/α,β-unsaturated/α-hetero) is 1. The van der Waals surface area contributed by atoms with E-state index >= 15 is 0 Å². The standard InChI is InChI=1S/C21H32O6S/c1-12(22)16-6-7-17-15-5-4-13-10-14(27-28(24,25)26)8-9-20(13,2)19(15)18(23)11-21(16,17)3/h4,14-19,23H,5-11H2,1-3H3,(H,24,25,26)/t14-,15-,16+,17?,18-,19+,20-,21+/m0/s1. The zero-order valence-corrected chi connectivity index (χ0v) is 17.7. The van der Waals surface area contributed by atoms with Gasteiger partial charge in [0.2, 0.25) is 0 Å². The van der Waals surface area contributed by atoms with Gasteiger partial charge in [-0.2, -0.15) is 8.42 Å². The average Bonchev–Trinajstić information content (AvgIpc) is 2.90. The van der Waals surface area contributed by atoms with Crippen molar-refractivity contribution in [3.05, 3.63) is 11.6 Å². The van der Waals surface area contributed by atoms with Crippen molar-refractivity contribution in [2.45, 2.75) is 77.9 Å². The number of fused-ring (bicyclic) bond motifs is 5. The van der Waals surface area contributed by atoms with E-state index in [2.05, 4.69) is 19.9 Å². The summed E-state index contributed by atoms with van der Waals surface area (Å²) in [6.07, 6.45) is 6.46. The zero-order valence-electron chi connectivity index (χ0n) is 16.9. The Hall–Kier alpha value is -0.760. The number of ketones is 1. The summed E-state index contributed by atoms with van der Waals surface area (Å²) in [6.45, 7) is 6.09. The highest BCUT2D eigenvalue weighted by Gasteiger charge is 2.62. The Morgan fingerprint density at radius 2 is 1.96 bits per heavy atom. The van der Waals surface area contributed by atoms with E-state index in [1.54, 1.807) is 6.92 Å². The molecule has 158 valence electrons. The molecule has 0 heterocycles. The predicted octanol–water partition coefficient (Wildman–Crippen LogP) is 3.31. The molecule has 6 nitrogen and oxygen atoms in total. The largest absolute Gasteiger partial charge is 0.397 e. The molecule has 0 aliphatic heterocycles. The van der Waals surface area contributed by atoms with Crippen molar-refractivity contribution in [3.63, 3.8) is 0 Å². The van der Waals surface area contributed by atoms with E-state index in [9.17, 15) is 18.3 Å². The second kappa shape index (κ2) is 6.62. The van der Waals surface area contributed by atoms with Crippen LogP contribution in [-0.2, 0) is 19.4 Å². The number of carbonyl (C=O) groups is 1. The highest BCUT2D eigenvalue weighted by atomic mass is 32.3. The molecule has 0 amide bonds. The lowest BCUT2D eigenvalue weighted by molar-refractivity contribution is -0.140. The van der Waals surface area contributed by atoms with E-state index in [0.29, 0.717) is 31.1 Å². The van der Waals surface area contributed by atoms with Gasteiger partial charge in [-0.3, -0.25) is 9.35 Å². The summed E-state index contributed by atoms with van der Waals surface area (Å²) in [7, 11) is -4.46. The van der Waals surface area contributed by atoms with Crippen LogP contribution in [0.25, 0.3) is 0 Å². The molecule has 2 N–H and O–H groups in total. The van der Waals surface area contributed by atoms with Crippen LogP contribution in [0, 0.1) is 34.5 Å². The maximum atomic E-state index is 12.2. The average molecular weight is 413 g/mol. The third-order valence-electron chi connectivity index (χ3n) is 8.74. The predicted molar refractivity (Wildman–Crippen MR) is 104 cm³/mol. The van der Waals surface area contributed by atoms with E-state index in [0.717, 1.165) is 31.3 Å². The molecule has 4 aliphatic carbocycles. The van der Waals surface area contributed by atoms with Gasteiger partial charge in [0, 0.05) is 5.92 Å². The normalized spacial score (nSPS) is 48.2. The SMILES string of the molecule is CC(=O)[C@H]1CCC2[C@@H]3CC=C4C[C@@H](OS(=O)(=O)O)CC[C@]4(C)[C@H]3[C@@H](O)C[C@@]21C. The van der Waals surface area contributed by atoms with E-state index in [-0.39, 0.29) is 28.4 Å². The minimum absolute atomic E-state index is 0.0465. The van der Waals surface area contributed by atoms with Gasteiger partial charge in [-0.25, -0.2) is 4.18 Å². The Labute approximate surface area is 167 Å². The highest BCUT2D eigenvalue weighted by Crippen LogP contribution is 2.66. The molecule has 28 heavy (non-hydrogen) atoms. The number of carbonyl (C=O) groups excluding carboxylic acids is 1. The number of allylic oxidation sites excluding steroid dienone is 1. The molecule has 4 rings (SSSR count). The first-order valence-corrected chi connectivity index (χ1v) is 11.9. The summed E-state index contributed by atoms with van der Waals surface area (Å²) in [6, 6.07) is 0. The second-order valence-corrected chi connectivity index (χ2v) is 11.1. The Morgan fingerprint density at radius 3 is 2.61 bits per heavy atom. The topological polar surface area (TPSA) is 101 Å². The van der Waals surface area contributed by atoms with Gasteiger partial charge in [-0.15, -0.1) is 0 Å². The van der Waals surface area contributed by atoms with Gasteiger partial charge < -0.3 is 5.11 Å². The monoisotopic (exact) mass is 412 g/mol. The smallest absolute Gasteiger partial charge is 0.393 e. The minimum Gasteiger partial charge on any atom is -0.393 e. The first-order valence-electron chi connectivity index (χ1n) is 10.5. The van der Waals surface area contributed by atoms with Crippen molar-refractivity contribution >= 4 is 16.2 Å². The molecule has 0 aromatic rings. The molecule has 7 heteroatoms. The van der Waals surface area contributed by atoms with Gasteiger partial charge in [0.25, 0.3) is 0 Å². The van der Waals surface area contributed by atoms with Crippen LogP contribution in [0.4, 0.5) is 0 Å². The van der Waals surface area contributed by atoms with Crippen LogP contribution in [0.15, 0.2) is 11.6 Å². The van der Waals surface area contributed by atoms with Gasteiger partial charge in [0.1, 0.15) is 5.78 Å². The molecule has 0 aromatic heterocycles. The molecule has 3 saturated carbocycles. The van der Waals surface area contributed by atoms with Crippen LogP contribution >= 0.6 is 0 Å². The third kappa shape index (κ3) is 3.09. The van der Waals surface area contributed by atoms with Crippen molar-refractivity contribution in [1.82, 2.24) is 0 Å². The molecular weight excluding hydrogens is 380 g/mol. The summed E-state index contributed by atoms with van der Waals surface area (Å²) >= 11 is 0. The number of hydrogen-bond donors (Lipinski definition) is 2. The van der Waals surface area contributed by atoms with Crippen LogP contribution in [0.1, 0.15) is 65.7 Å². The minimum atomic E-state index is -4.46. The molecule has 0 spiro atoms. The van der Waals surface area contributed by atoms with Crippen molar-refractivity contribution < 1.29 is 27.1 Å². The summed E-state index contributed by atoms with van der Waals surface area (Å²) in [5, 5.41) is 11.3. The van der Waals surface area contributed by atoms with E-state index in [4.69, 9.17) is 8.74 Å². The fourth-order valence-electron chi connectivity index (χ4n) is 7.68. The summed E-state index contributed by atoms with van der Waals surface area (Å²) in [4.78, 5) is 12.2. The Bertz CT molecular complexity index is 804. The van der Waals surface area contributed by atoms with Gasteiger partial charge >= 0.3 is 10.4 Å². The molecule has 4 aliphatic rings. The molecule has 0 bridgehead atoms. The van der Waals surface area contributed by atoms with Crippen molar-refractivity contribution in [3.8, 4) is 0 Å². The maximum Gasteiger partial charge on any atom is 0.397 e. The maximum absolute atomic E-state index is 12.2. The van der Waals surface area contributed by atoms with Crippen molar-refractivity contribution in [2.24, 2.45) is 34.5 Å². The van der Waals surface area contributed by atoms with Crippen LogP contribution < -0.4 is 0 Å². The molecule has 0 saturated heterocycles. The van der Waals surface area contributed by atoms with Crippen LogP contribution in [0.2, 0.25) is 0 Å². The lowest BCUT2D eigenvalue weighted by Crippen LogP contribution is -2.56. The van der Waals surface area contributed by atoms with Crippen LogP contribution in [-0.4, -0.2) is 36.1 Å². The Kier molecular flexibility index (Phi) is 4.85. The number of hydrogen-bond acceptors (Lipinski definition) is 5. The fraction of sp³-hybridized carbons (Fsp3) is 0.857. The zero-order chi connectivity index (χ0) is 20.5. The summed E-state index contributed by atoms with van der Waals surface area (Å²) in [5.74, 6) is 1.21. The van der Waals surface area contributed by atoms with E-state index < -0.39 is 22.6 Å². The van der Waals surface area contributed by atoms with E-state index in [1.807, 2.05) is 0 Å². The van der Waals surface area contributed by atoms with Gasteiger partial charge in [-0.05, 0) is 80.5 Å². The molecule has 0 aromatic carbocycles. The number of aliphatic hydroxyl groups excluding tert-OH is 1. The van der Waals surface area contributed by atoms with E-state index in [1.165, 1.54) is 0 Å². The fourth-order valence-corrected chi connectivity index (χ4v) is 8.19. The molecule has 8 atom stereocenters. The summed E-state index contributed by atoms with van der Waals surface area (Å²) in [5.41, 5.74) is 0.841. The molecule has 1 unspecified atom stereocenters. The van der Waals surface area contributed by atoms with Gasteiger partial charge in [0.15, 0.2) is 0 Å². The lowest BCUT2D eigenvalue weighted by atomic mass is 9.46. The Balaban J connectivity index is 1.63. The number of aliphatic hydroxyl groups is 1. The van der Waals surface area contributed by atoms with Crippen LogP contribution in [0.5, 0.6) is 0 Å². The lowest BCUT2D eigenvalue weighted by Gasteiger charge is -2.59. The quantitative estimate of drug-likeness (QED) is 0.545. The first kappa shape index (κ1) is 20.5. The molecular formula is C21H32O6S. The third-order valence-corrected chi connectivity index (χ3v) is 9.25. The first-order chi connectivity index (χ1) is 13.0. The van der Waals surface area contributed by atoms with Gasteiger partial charge in [0.05, 0.1) is 12.2 Å². The number of rotatable bonds is 3.